The number of amides is 1. The molecule has 0 spiro atoms. The lowest BCUT2D eigenvalue weighted by atomic mass is 9.53. The van der Waals surface area contributed by atoms with Gasteiger partial charge in [-0.3, -0.25) is 9.59 Å². The smallest absolute Gasteiger partial charge is 0.311 e. The molecule has 1 saturated carbocycles. The Morgan fingerprint density at radius 3 is 2.70 bits per heavy atom. The van der Waals surface area contributed by atoms with Crippen LogP contribution >= 0.6 is 11.3 Å². The standard InChI is InChI=1S/C25H40N2O5S/c1-14(22(29)26-10-11-31-7)16-8-9-25(6)12-17-20(15(2)19(25)21(16)28)27-18(33-17)13-32-23(30)24(3,4)5/h14-16,19,21,28H,8-13H2,1-7H3,(H,26,29)/t14-,15-,16-,19+,21-,25-/m0/s1. The van der Waals surface area contributed by atoms with E-state index in [1.807, 2.05) is 27.7 Å². The Morgan fingerprint density at radius 1 is 1.36 bits per heavy atom. The molecule has 1 aromatic heterocycles. The number of nitrogens with zero attached hydrogens (tertiary/aromatic N) is 1. The molecule has 186 valence electrons. The maximum Gasteiger partial charge on any atom is 0.311 e. The van der Waals surface area contributed by atoms with E-state index in [4.69, 9.17) is 14.5 Å². The maximum absolute atomic E-state index is 12.7. The average molecular weight is 481 g/mol. The molecule has 2 N–H and O–H groups in total. The Morgan fingerprint density at radius 2 is 2.06 bits per heavy atom. The molecule has 0 saturated heterocycles. The number of thiazole rings is 1. The first kappa shape index (κ1) is 26.1. The Kier molecular flexibility index (Phi) is 7.91. The van der Waals surface area contributed by atoms with Crippen molar-refractivity contribution in [3.63, 3.8) is 0 Å². The second-order valence-corrected chi connectivity index (χ2v) is 12.3. The Balaban J connectivity index is 1.74. The summed E-state index contributed by atoms with van der Waals surface area (Å²) in [5.41, 5.74) is 0.430. The van der Waals surface area contributed by atoms with Gasteiger partial charge in [-0.25, -0.2) is 4.98 Å². The van der Waals surface area contributed by atoms with Crippen molar-refractivity contribution in [2.45, 2.75) is 79.4 Å². The summed E-state index contributed by atoms with van der Waals surface area (Å²) in [5.74, 6) is -0.507. The summed E-state index contributed by atoms with van der Waals surface area (Å²) in [4.78, 5) is 30.9. The van der Waals surface area contributed by atoms with Crippen LogP contribution in [-0.2, 0) is 32.1 Å². The van der Waals surface area contributed by atoms with Crippen molar-refractivity contribution >= 4 is 23.2 Å². The van der Waals surface area contributed by atoms with Crippen LogP contribution in [0.1, 0.15) is 75.9 Å². The topological polar surface area (TPSA) is 97.8 Å². The summed E-state index contributed by atoms with van der Waals surface area (Å²) in [7, 11) is 1.61. The zero-order valence-corrected chi connectivity index (χ0v) is 21.9. The lowest BCUT2D eigenvalue weighted by Crippen LogP contribution is -2.53. The molecule has 2 aliphatic carbocycles. The van der Waals surface area contributed by atoms with E-state index in [0.29, 0.717) is 13.2 Å². The molecule has 1 amide bonds. The van der Waals surface area contributed by atoms with E-state index < -0.39 is 11.5 Å². The molecular formula is C25H40N2O5S. The molecule has 1 aromatic rings. The fourth-order valence-corrected chi connectivity index (χ4v) is 6.92. The van der Waals surface area contributed by atoms with Crippen molar-refractivity contribution < 1.29 is 24.2 Å². The lowest BCUT2D eigenvalue weighted by molar-refractivity contribution is -0.154. The Labute approximate surface area is 201 Å². The van der Waals surface area contributed by atoms with Crippen molar-refractivity contribution in [3.8, 4) is 0 Å². The number of hydrogen-bond acceptors (Lipinski definition) is 7. The fourth-order valence-electron chi connectivity index (χ4n) is 5.63. The number of ether oxygens (including phenoxy) is 2. The van der Waals surface area contributed by atoms with Crippen molar-refractivity contribution in [1.82, 2.24) is 10.3 Å². The van der Waals surface area contributed by atoms with E-state index in [1.54, 1.807) is 18.4 Å². The third kappa shape index (κ3) is 5.43. The quantitative estimate of drug-likeness (QED) is 0.456. The summed E-state index contributed by atoms with van der Waals surface area (Å²) in [5, 5.41) is 15.2. The molecule has 0 radical (unpaired) electrons. The molecule has 3 rings (SSSR count). The van der Waals surface area contributed by atoms with E-state index >= 15 is 0 Å². The van der Waals surface area contributed by atoms with Gasteiger partial charge < -0.3 is 19.9 Å². The lowest BCUT2D eigenvalue weighted by Gasteiger charge is -2.53. The molecule has 0 bridgehead atoms. The first-order valence-electron chi connectivity index (χ1n) is 12.0. The summed E-state index contributed by atoms with van der Waals surface area (Å²) in [6.45, 7) is 13.0. The summed E-state index contributed by atoms with van der Waals surface area (Å²) in [6.07, 6.45) is 2.08. The van der Waals surface area contributed by atoms with Gasteiger partial charge in [-0.2, -0.15) is 0 Å². The molecule has 1 fully saturated rings. The molecule has 7 nitrogen and oxygen atoms in total. The molecule has 6 atom stereocenters. The van der Waals surface area contributed by atoms with Crippen LogP contribution in [0.2, 0.25) is 0 Å². The number of carbonyl (C=O) groups excluding carboxylic acids is 2. The molecule has 2 aliphatic rings. The second-order valence-electron chi connectivity index (χ2n) is 11.2. The minimum absolute atomic E-state index is 0.0273. The molecule has 33 heavy (non-hydrogen) atoms. The minimum atomic E-state index is -0.570. The van der Waals surface area contributed by atoms with Gasteiger partial charge in [0.15, 0.2) is 0 Å². The number of aromatic nitrogens is 1. The maximum atomic E-state index is 12.7. The highest BCUT2D eigenvalue weighted by molar-refractivity contribution is 7.11. The third-order valence-electron chi connectivity index (χ3n) is 7.57. The number of methoxy groups -OCH3 is 1. The summed E-state index contributed by atoms with van der Waals surface area (Å²) in [6, 6.07) is 0. The van der Waals surface area contributed by atoms with E-state index in [9.17, 15) is 14.7 Å². The van der Waals surface area contributed by atoms with Gasteiger partial charge in [0, 0.05) is 30.4 Å². The van der Waals surface area contributed by atoms with Gasteiger partial charge >= 0.3 is 5.97 Å². The SMILES string of the molecule is COCCNC(=O)[C@@H](C)[C@@H]1CC[C@@]2(C)Cc3sc(COC(=O)C(C)(C)C)nc3[C@@H](C)[C@@H]2[C@H]1O. The number of carbonyl (C=O) groups is 2. The molecule has 0 aliphatic heterocycles. The van der Waals surface area contributed by atoms with Crippen LogP contribution < -0.4 is 5.32 Å². The largest absolute Gasteiger partial charge is 0.458 e. The minimum Gasteiger partial charge on any atom is -0.458 e. The fraction of sp³-hybridized carbons (Fsp3) is 0.800. The van der Waals surface area contributed by atoms with Gasteiger partial charge in [-0.1, -0.05) is 20.8 Å². The van der Waals surface area contributed by atoms with Crippen molar-refractivity contribution in [2.75, 3.05) is 20.3 Å². The first-order valence-corrected chi connectivity index (χ1v) is 12.8. The predicted molar refractivity (Wildman–Crippen MR) is 128 cm³/mol. The van der Waals surface area contributed by atoms with Gasteiger partial charge in [-0.15, -0.1) is 11.3 Å². The van der Waals surface area contributed by atoms with Gasteiger partial charge in [0.05, 0.1) is 23.8 Å². The predicted octanol–water partition coefficient (Wildman–Crippen LogP) is 3.68. The van der Waals surface area contributed by atoms with Crippen LogP contribution in [0.4, 0.5) is 0 Å². The van der Waals surface area contributed by atoms with Crippen molar-refractivity contribution in [3.05, 3.63) is 15.6 Å². The molecular weight excluding hydrogens is 440 g/mol. The number of aliphatic hydroxyl groups excluding tert-OH is 1. The van der Waals surface area contributed by atoms with Gasteiger partial charge in [0.2, 0.25) is 5.91 Å². The molecule has 1 heterocycles. The number of fused-ring (bicyclic) bond motifs is 2. The highest BCUT2D eigenvalue weighted by atomic mass is 32.1. The van der Waals surface area contributed by atoms with Crippen LogP contribution in [0, 0.1) is 28.6 Å². The van der Waals surface area contributed by atoms with Gasteiger partial charge in [0.1, 0.15) is 11.6 Å². The summed E-state index contributed by atoms with van der Waals surface area (Å²) >= 11 is 1.62. The summed E-state index contributed by atoms with van der Waals surface area (Å²) < 4.78 is 10.5. The number of hydrogen-bond donors (Lipinski definition) is 2. The Hall–Kier alpha value is -1.51. The van der Waals surface area contributed by atoms with Gasteiger partial charge in [0.25, 0.3) is 0 Å². The average Bonchev–Trinajstić information content (AvgIpc) is 3.13. The third-order valence-corrected chi connectivity index (χ3v) is 8.61. The zero-order chi connectivity index (χ0) is 24.6. The zero-order valence-electron chi connectivity index (χ0n) is 21.1. The van der Waals surface area contributed by atoms with E-state index in [-0.39, 0.29) is 47.6 Å². The highest BCUT2D eigenvalue weighted by Gasteiger charge is 2.53. The monoisotopic (exact) mass is 480 g/mol. The Bertz CT molecular complexity index is 863. The highest BCUT2D eigenvalue weighted by Crippen LogP contribution is 2.57. The first-order chi connectivity index (χ1) is 15.4. The number of esters is 1. The number of rotatable bonds is 7. The molecule has 0 aromatic carbocycles. The normalized spacial score (nSPS) is 30.2. The van der Waals surface area contributed by atoms with Crippen molar-refractivity contribution in [1.29, 1.82) is 0 Å². The van der Waals surface area contributed by atoms with E-state index in [0.717, 1.165) is 30.0 Å². The van der Waals surface area contributed by atoms with Crippen LogP contribution in [0.25, 0.3) is 0 Å². The van der Waals surface area contributed by atoms with Crippen LogP contribution in [0.5, 0.6) is 0 Å². The molecule has 8 heteroatoms. The molecule has 0 unspecified atom stereocenters. The van der Waals surface area contributed by atoms with Gasteiger partial charge in [-0.05, 0) is 57.3 Å². The van der Waals surface area contributed by atoms with Crippen LogP contribution in [0.3, 0.4) is 0 Å². The second kappa shape index (κ2) is 10.0. The number of aliphatic hydroxyl groups is 1. The van der Waals surface area contributed by atoms with Crippen LogP contribution in [0.15, 0.2) is 0 Å². The number of nitrogens with one attached hydrogen (secondary N) is 1. The van der Waals surface area contributed by atoms with E-state index in [2.05, 4.69) is 19.2 Å². The van der Waals surface area contributed by atoms with Crippen LogP contribution in [-0.4, -0.2) is 48.3 Å². The van der Waals surface area contributed by atoms with Crippen molar-refractivity contribution in [2.24, 2.45) is 28.6 Å². The van der Waals surface area contributed by atoms with E-state index in [1.165, 1.54) is 4.88 Å².